The minimum Gasteiger partial charge on any atom is -0.496 e. The molecule has 1 heterocycles. The molecule has 0 bridgehead atoms. The molecule has 6 nitrogen and oxygen atoms in total. The number of benzene rings is 1. The van der Waals surface area contributed by atoms with Crippen LogP contribution >= 0.6 is 0 Å². The fourth-order valence-corrected chi connectivity index (χ4v) is 2.75. The Labute approximate surface area is 135 Å². The molecule has 1 saturated heterocycles. The van der Waals surface area contributed by atoms with Crippen molar-refractivity contribution >= 4 is 11.8 Å². The Morgan fingerprint density at radius 2 is 2.04 bits per heavy atom. The molecule has 1 aliphatic rings. The van der Waals surface area contributed by atoms with Gasteiger partial charge in [0.2, 0.25) is 5.91 Å². The molecular formula is C16H22FN3O3. The first-order valence-electron chi connectivity index (χ1n) is 7.49. The molecule has 1 aliphatic heterocycles. The van der Waals surface area contributed by atoms with E-state index in [0.717, 1.165) is 0 Å². The molecule has 23 heavy (non-hydrogen) atoms. The van der Waals surface area contributed by atoms with Gasteiger partial charge in [-0.2, -0.15) is 0 Å². The Morgan fingerprint density at radius 1 is 1.30 bits per heavy atom. The summed E-state index contributed by atoms with van der Waals surface area (Å²) in [5.41, 5.74) is 0.174. The van der Waals surface area contributed by atoms with Gasteiger partial charge in [0.25, 0.3) is 5.91 Å². The van der Waals surface area contributed by atoms with Gasteiger partial charge in [0.05, 0.1) is 18.6 Å². The van der Waals surface area contributed by atoms with Gasteiger partial charge in [-0.15, -0.1) is 0 Å². The van der Waals surface area contributed by atoms with Crippen molar-refractivity contribution in [3.63, 3.8) is 0 Å². The smallest absolute Gasteiger partial charge is 0.257 e. The van der Waals surface area contributed by atoms with Gasteiger partial charge in [-0.3, -0.25) is 9.59 Å². The second kappa shape index (κ2) is 7.41. The van der Waals surface area contributed by atoms with Crippen molar-refractivity contribution in [1.29, 1.82) is 0 Å². The molecule has 0 spiro atoms. The van der Waals surface area contributed by atoms with Crippen LogP contribution in [0.15, 0.2) is 18.2 Å². The zero-order chi connectivity index (χ0) is 17.0. The predicted molar refractivity (Wildman–Crippen MR) is 83.9 cm³/mol. The Bertz CT molecular complexity index is 594. The zero-order valence-electron chi connectivity index (χ0n) is 13.6. The Morgan fingerprint density at radius 3 is 2.70 bits per heavy atom. The molecule has 1 atom stereocenters. The van der Waals surface area contributed by atoms with Crippen LogP contribution in [0.2, 0.25) is 0 Å². The van der Waals surface area contributed by atoms with Gasteiger partial charge in [0.15, 0.2) is 0 Å². The minimum atomic E-state index is -0.496. The van der Waals surface area contributed by atoms with E-state index < -0.39 is 5.82 Å². The van der Waals surface area contributed by atoms with Gasteiger partial charge in [-0.05, 0) is 25.2 Å². The lowest BCUT2D eigenvalue weighted by Gasteiger charge is -2.24. The highest BCUT2D eigenvalue weighted by Crippen LogP contribution is 2.22. The zero-order valence-corrected chi connectivity index (χ0v) is 13.6. The molecule has 1 aromatic carbocycles. The fraction of sp³-hybridized carbons (Fsp3) is 0.500. The number of hydrogen-bond donors (Lipinski definition) is 1. The van der Waals surface area contributed by atoms with Gasteiger partial charge in [0, 0.05) is 33.2 Å². The maximum atomic E-state index is 13.5. The molecule has 1 aromatic rings. The first kappa shape index (κ1) is 17.2. The number of nitrogens with zero attached hydrogens (tertiary/aromatic N) is 2. The molecule has 0 aliphatic carbocycles. The average molecular weight is 323 g/mol. The van der Waals surface area contributed by atoms with Gasteiger partial charge in [-0.25, -0.2) is 4.39 Å². The molecule has 0 aromatic heterocycles. The van der Waals surface area contributed by atoms with Crippen molar-refractivity contribution in [3.8, 4) is 5.75 Å². The van der Waals surface area contributed by atoms with Crippen LogP contribution in [0.1, 0.15) is 10.4 Å². The van der Waals surface area contributed by atoms with Crippen LogP contribution < -0.4 is 10.1 Å². The number of carbonyl (C=O) groups excluding carboxylic acids is 2. The van der Waals surface area contributed by atoms with E-state index >= 15 is 0 Å². The third kappa shape index (κ3) is 3.98. The first-order valence-corrected chi connectivity index (χ1v) is 7.49. The van der Waals surface area contributed by atoms with Crippen LogP contribution in [-0.4, -0.2) is 69.0 Å². The Hall–Kier alpha value is -2.15. The lowest BCUT2D eigenvalue weighted by molar-refractivity contribution is -0.125. The van der Waals surface area contributed by atoms with Crippen molar-refractivity contribution in [2.45, 2.75) is 0 Å². The number of amides is 2. The Balaban J connectivity index is 2.27. The van der Waals surface area contributed by atoms with Crippen molar-refractivity contribution in [2.24, 2.45) is 5.92 Å². The van der Waals surface area contributed by atoms with E-state index in [0.29, 0.717) is 31.9 Å². The van der Waals surface area contributed by atoms with Gasteiger partial charge < -0.3 is 19.9 Å². The number of methoxy groups -OCH3 is 1. The van der Waals surface area contributed by atoms with Crippen LogP contribution in [0.3, 0.4) is 0 Å². The third-order valence-corrected chi connectivity index (χ3v) is 4.02. The quantitative estimate of drug-likeness (QED) is 0.884. The normalized spacial score (nSPS) is 19.1. The van der Waals surface area contributed by atoms with Crippen LogP contribution in [0.5, 0.6) is 5.75 Å². The highest BCUT2D eigenvalue weighted by Gasteiger charge is 2.30. The number of carbonyl (C=O) groups is 2. The van der Waals surface area contributed by atoms with Crippen LogP contribution in [-0.2, 0) is 4.79 Å². The standard InChI is InChI=1S/C16H22FN3O3/c1-18-15(21)11-9-19(2)6-7-20(10-11)16(22)13-8-12(17)4-5-14(13)23-3/h4-5,8,11H,6-7,9-10H2,1-3H3,(H,18,21)/t11-/m1/s1. The topological polar surface area (TPSA) is 61.9 Å². The van der Waals surface area contributed by atoms with Crippen molar-refractivity contribution < 1.29 is 18.7 Å². The van der Waals surface area contributed by atoms with Gasteiger partial charge >= 0.3 is 0 Å². The summed E-state index contributed by atoms with van der Waals surface area (Å²) < 4.78 is 18.7. The van der Waals surface area contributed by atoms with Crippen molar-refractivity contribution in [2.75, 3.05) is 47.4 Å². The van der Waals surface area contributed by atoms with Crippen molar-refractivity contribution in [1.82, 2.24) is 15.1 Å². The van der Waals surface area contributed by atoms with E-state index in [1.54, 1.807) is 11.9 Å². The van der Waals surface area contributed by atoms with Crippen LogP contribution in [0.4, 0.5) is 4.39 Å². The van der Waals surface area contributed by atoms with Crippen LogP contribution in [0.25, 0.3) is 0 Å². The van der Waals surface area contributed by atoms with Crippen LogP contribution in [0, 0.1) is 11.7 Å². The first-order chi connectivity index (χ1) is 11.0. The molecule has 126 valence electrons. The second-order valence-corrected chi connectivity index (χ2v) is 5.67. The SMILES string of the molecule is CNC(=O)[C@@H]1CN(C)CCN(C(=O)c2cc(F)ccc2OC)C1. The van der Waals surface area contributed by atoms with E-state index in [9.17, 15) is 14.0 Å². The Kier molecular flexibility index (Phi) is 5.54. The molecule has 0 unspecified atom stereocenters. The maximum absolute atomic E-state index is 13.5. The number of ether oxygens (including phenoxy) is 1. The van der Waals surface area contributed by atoms with E-state index in [-0.39, 0.29) is 23.3 Å². The van der Waals surface area contributed by atoms with E-state index in [2.05, 4.69) is 5.32 Å². The summed E-state index contributed by atoms with van der Waals surface area (Å²) in [5.74, 6) is -0.932. The number of rotatable bonds is 3. The predicted octanol–water partition coefficient (Wildman–Crippen LogP) is 0.584. The highest BCUT2D eigenvalue weighted by atomic mass is 19.1. The fourth-order valence-electron chi connectivity index (χ4n) is 2.75. The third-order valence-electron chi connectivity index (χ3n) is 4.02. The molecule has 2 amide bonds. The minimum absolute atomic E-state index is 0.109. The molecule has 1 N–H and O–H groups in total. The average Bonchev–Trinajstić information content (AvgIpc) is 2.75. The largest absolute Gasteiger partial charge is 0.496 e. The molecule has 2 rings (SSSR count). The molecule has 7 heteroatoms. The molecule has 0 saturated carbocycles. The molecule has 0 radical (unpaired) electrons. The number of nitrogens with one attached hydrogen (secondary N) is 1. The van der Waals surface area contributed by atoms with E-state index in [1.165, 1.54) is 25.3 Å². The molecule has 1 fully saturated rings. The summed E-state index contributed by atoms with van der Waals surface area (Å²) in [4.78, 5) is 28.4. The summed E-state index contributed by atoms with van der Waals surface area (Å²) in [6.45, 7) is 1.99. The summed E-state index contributed by atoms with van der Waals surface area (Å²) in [6, 6.07) is 3.85. The summed E-state index contributed by atoms with van der Waals surface area (Å²) >= 11 is 0. The number of hydrogen-bond acceptors (Lipinski definition) is 4. The summed E-state index contributed by atoms with van der Waals surface area (Å²) in [5, 5.41) is 2.63. The van der Waals surface area contributed by atoms with E-state index in [1.807, 2.05) is 11.9 Å². The number of likely N-dealkylation sites (N-methyl/N-ethyl adjacent to an activating group) is 1. The lowest BCUT2D eigenvalue weighted by Crippen LogP contribution is -2.41. The van der Waals surface area contributed by atoms with E-state index in [4.69, 9.17) is 4.74 Å². The monoisotopic (exact) mass is 323 g/mol. The summed E-state index contributed by atoms with van der Waals surface area (Å²) in [7, 11) is 4.93. The summed E-state index contributed by atoms with van der Waals surface area (Å²) in [6.07, 6.45) is 0. The van der Waals surface area contributed by atoms with Crippen molar-refractivity contribution in [3.05, 3.63) is 29.6 Å². The van der Waals surface area contributed by atoms with Gasteiger partial charge in [0.1, 0.15) is 11.6 Å². The highest BCUT2D eigenvalue weighted by molar-refractivity contribution is 5.97. The second-order valence-electron chi connectivity index (χ2n) is 5.67. The molecular weight excluding hydrogens is 301 g/mol. The number of halogens is 1. The maximum Gasteiger partial charge on any atom is 0.257 e. The van der Waals surface area contributed by atoms with Gasteiger partial charge in [-0.1, -0.05) is 0 Å². The lowest BCUT2D eigenvalue weighted by atomic mass is 10.1.